The molecule has 1 heterocycles. The van der Waals surface area contributed by atoms with Gasteiger partial charge in [-0.2, -0.15) is 28.0 Å². The van der Waals surface area contributed by atoms with Gasteiger partial charge in [0.05, 0.1) is 11.8 Å². The van der Waals surface area contributed by atoms with Crippen molar-refractivity contribution in [3.05, 3.63) is 76.3 Å². The zero-order valence-corrected chi connectivity index (χ0v) is 14.1. The summed E-state index contributed by atoms with van der Waals surface area (Å²) in [5, 5.41) is 10.7. The number of aromatic nitrogens is 3. The van der Waals surface area contributed by atoms with E-state index < -0.39 is 11.7 Å². The van der Waals surface area contributed by atoms with Gasteiger partial charge >= 0.3 is 6.18 Å². The van der Waals surface area contributed by atoms with Gasteiger partial charge in [-0.05, 0) is 42.0 Å². The summed E-state index contributed by atoms with van der Waals surface area (Å²) in [6.45, 7) is 0.0943. The number of aromatic amines is 1. The highest BCUT2D eigenvalue weighted by molar-refractivity contribution is 7.71. The van der Waals surface area contributed by atoms with Crippen molar-refractivity contribution in [1.82, 2.24) is 14.9 Å². The van der Waals surface area contributed by atoms with Crippen molar-refractivity contribution in [3.8, 4) is 5.75 Å². The van der Waals surface area contributed by atoms with Crippen LogP contribution >= 0.6 is 12.2 Å². The molecule has 0 aliphatic rings. The monoisotopic (exact) mass is 378 g/mol. The largest absolute Gasteiger partial charge is 0.486 e. The third-order valence-electron chi connectivity index (χ3n) is 3.36. The zero-order valence-electron chi connectivity index (χ0n) is 13.3. The summed E-state index contributed by atoms with van der Waals surface area (Å²) in [7, 11) is 0. The van der Waals surface area contributed by atoms with Crippen LogP contribution in [-0.4, -0.2) is 21.1 Å². The van der Waals surface area contributed by atoms with Gasteiger partial charge in [-0.25, -0.2) is 5.10 Å². The Morgan fingerprint density at radius 3 is 2.65 bits per heavy atom. The maximum atomic E-state index is 12.8. The number of nitrogens with zero attached hydrogens (tertiary/aromatic N) is 3. The van der Waals surface area contributed by atoms with Gasteiger partial charge in [0.2, 0.25) is 4.77 Å². The lowest BCUT2D eigenvalue weighted by atomic mass is 10.1. The van der Waals surface area contributed by atoms with Gasteiger partial charge in [0.1, 0.15) is 12.4 Å². The van der Waals surface area contributed by atoms with Crippen LogP contribution in [0.1, 0.15) is 17.0 Å². The number of H-pyrrole nitrogens is 1. The Morgan fingerprint density at radius 2 is 1.92 bits per heavy atom. The molecule has 0 spiro atoms. The Kier molecular flexibility index (Phi) is 5.17. The molecule has 0 unspecified atom stereocenters. The minimum Gasteiger partial charge on any atom is -0.486 e. The number of halogens is 3. The topological polar surface area (TPSA) is 55.2 Å². The van der Waals surface area contributed by atoms with Gasteiger partial charge in [-0.15, -0.1) is 0 Å². The smallest absolute Gasteiger partial charge is 0.416 e. The lowest BCUT2D eigenvalue weighted by Gasteiger charge is -2.07. The summed E-state index contributed by atoms with van der Waals surface area (Å²) < 4.78 is 45.4. The Morgan fingerprint density at radius 1 is 1.15 bits per heavy atom. The first-order chi connectivity index (χ1) is 12.4. The fraction of sp³-hybridized carbons (Fsp3) is 0.118. The summed E-state index contributed by atoms with van der Waals surface area (Å²) in [6, 6.07) is 13.9. The highest BCUT2D eigenvalue weighted by Gasteiger charge is 2.30. The molecular formula is C17H13F3N4OS. The second-order valence-electron chi connectivity index (χ2n) is 5.23. The molecule has 0 radical (unpaired) electrons. The van der Waals surface area contributed by atoms with E-state index in [1.807, 2.05) is 18.2 Å². The van der Waals surface area contributed by atoms with E-state index in [0.29, 0.717) is 11.6 Å². The average Bonchev–Trinajstić information content (AvgIpc) is 2.98. The molecule has 134 valence electrons. The van der Waals surface area contributed by atoms with Crippen molar-refractivity contribution in [2.24, 2.45) is 5.10 Å². The Labute approximate surface area is 151 Å². The highest BCUT2D eigenvalue weighted by Crippen LogP contribution is 2.29. The first-order valence-electron chi connectivity index (χ1n) is 7.49. The SMILES string of the molecule is FC(F)(F)c1cccc(/C=N\n2c(COc3ccccc3)n[nH]c2=S)c1. The van der Waals surface area contributed by atoms with Crippen molar-refractivity contribution in [2.45, 2.75) is 12.8 Å². The molecule has 3 aromatic rings. The van der Waals surface area contributed by atoms with Crippen LogP contribution in [0.2, 0.25) is 0 Å². The fourth-order valence-electron chi connectivity index (χ4n) is 2.12. The quantitative estimate of drug-likeness (QED) is 0.528. The minimum atomic E-state index is -4.41. The lowest BCUT2D eigenvalue weighted by Crippen LogP contribution is -2.06. The molecule has 0 fully saturated rings. The molecule has 1 N–H and O–H groups in total. The van der Waals surface area contributed by atoms with Gasteiger partial charge in [-0.3, -0.25) is 0 Å². The number of hydrogen-bond donors (Lipinski definition) is 1. The van der Waals surface area contributed by atoms with E-state index in [0.717, 1.165) is 12.1 Å². The van der Waals surface area contributed by atoms with Gasteiger partial charge < -0.3 is 4.74 Å². The summed E-state index contributed by atoms with van der Waals surface area (Å²) in [6.07, 6.45) is -3.13. The first-order valence-corrected chi connectivity index (χ1v) is 7.90. The van der Waals surface area contributed by atoms with E-state index in [1.54, 1.807) is 12.1 Å². The van der Waals surface area contributed by atoms with Crippen molar-refractivity contribution >= 4 is 18.4 Å². The van der Waals surface area contributed by atoms with Crippen LogP contribution in [0.5, 0.6) is 5.75 Å². The van der Waals surface area contributed by atoms with Crippen LogP contribution in [0.4, 0.5) is 13.2 Å². The molecule has 0 saturated carbocycles. The molecule has 26 heavy (non-hydrogen) atoms. The molecule has 2 aromatic carbocycles. The van der Waals surface area contributed by atoms with E-state index in [-0.39, 0.29) is 16.9 Å². The molecule has 3 rings (SSSR count). The number of benzene rings is 2. The number of nitrogens with one attached hydrogen (secondary N) is 1. The molecule has 0 saturated heterocycles. The van der Waals surface area contributed by atoms with E-state index in [9.17, 15) is 13.2 Å². The van der Waals surface area contributed by atoms with E-state index >= 15 is 0 Å². The number of ether oxygens (including phenoxy) is 1. The van der Waals surface area contributed by atoms with Crippen molar-refractivity contribution < 1.29 is 17.9 Å². The third-order valence-corrected chi connectivity index (χ3v) is 3.63. The summed E-state index contributed by atoms with van der Waals surface area (Å²) in [5.41, 5.74) is -0.456. The van der Waals surface area contributed by atoms with E-state index in [1.165, 1.54) is 23.0 Å². The molecule has 0 bridgehead atoms. The molecule has 9 heteroatoms. The molecule has 1 aromatic heterocycles. The maximum absolute atomic E-state index is 12.8. The molecule has 0 amide bonds. The molecule has 5 nitrogen and oxygen atoms in total. The Hall–Kier alpha value is -2.94. The number of para-hydroxylation sites is 1. The van der Waals surface area contributed by atoms with Gasteiger partial charge in [0, 0.05) is 0 Å². The second kappa shape index (κ2) is 7.52. The van der Waals surface area contributed by atoms with Crippen LogP contribution in [0.3, 0.4) is 0 Å². The highest BCUT2D eigenvalue weighted by atomic mass is 32.1. The maximum Gasteiger partial charge on any atom is 0.416 e. The lowest BCUT2D eigenvalue weighted by molar-refractivity contribution is -0.137. The zero-order chi connectivity index (χ0) is 18.6. The average molecular weight is 378 g/mol. The van der Waals surface area contributed by atoms with Crippen LogP contribution in [0.15, 0.2) is 59.7 Å². The Balaban J connectivity index is 1.79. The summed E-state index contributed by atoms with van der Waals surface area (Å²) in [4.78, 5) is 0. The van der Waals surface area contributed by atoms with Crippen molar-refractivity contribution in [2.75, 3.05) is 0 Å². The van der Waals surface area contributed by atoms with Crippen LogP contribution in [-0.2, 0) is 12.8 Å². The molecule has 0 aliphatic carbocycles. The summed E-state index contributed by atoms with van der Waals surface area (Å²) >= 11 is 5.10. The molecule has 0 atom stereocenters. The fourth-order valence-corrected chi connectivity index (χ4v) is 2.32. The number of hydrogen-bond acceptors (Lipinski definition) is 4. The van der Waals surface area contributed by atoms with E-state index in [2.05, 4.69) is 15.3 Å². The molecular weight excluding hydrogens is 365 g/mol. The van der Waals surface area contributed by atoms with E-state index in [4.69, 9.17) is 17.0 Å². The van der Waals surface area contributed by atoms with Crippen LogP contribution < -0.4 is 4.74 Å². The second-order valence-corrected chi connectivity index (χ2v) is 5.61. The normalized spacial score (nSPS) is 11.8. The standard InChI is InChI=1S/C17H13F3N4OS/c18-17(19,20)13-6-4-5-12(9-13)10-21-24-15(22-23-16(24)26)11-25-14-7-2-1-3-8-14/h1-10H,11H2,(H,23,26)/b21-10-. The first kappa shape index (κ1) is 17.9. The minimum absolute atomic E-state index is 0.0943. The van der Waals surface area contributed by atoms with Crippen molar-refractivity contribution in [3.63, 3.8) is 0 Å². The van der Waals surface area contributed by atoms with Crippen molar-refractivity contribution in [1.29, 1.82) is 0 Å². The van der Waals surface area contributed by atoms with Gasteiger partial charge in [0.25, 0.3) is 0 Å². The predicted octanol–water partition coefficient (Wildman–Crippen LogP) is 4.42. The van der Waals surface area contributed by atoms with Gasteiger partial charge in [-0.1, -0.05) is 30.3 Å². The summed E-state index contributed by atoms with van der Waals surface area (Å²) in [5.74, 6) is 1.04. The van der Waals surface area contributed by atoms with Crippen LogP contribution in [0.25, 0.3) is 0 Å². The number of alkyl halides is 3. The third kappa shape index (κ3) is 4.37. The Bertz CT molecular complexity index is 964. The number of rotatable bonds is 5. The van der Waals surface area contributed by atoms with Gasteiger partial charge in [0.15, 0.2) is 5.82 Å². The predicted molar refractivity (Wildman–Crippen MR) is 92.6 cm³/mol. The van der Waals surface area contributed by atoms with Crippen LogP contribution in [0, 0.1) is 4.77 Å². The molecule has 0 aliphatic heterocycles.